The van der Waals surface area contributed by atoms with Crippen LogP contribution in [-0.2, 0) is 18.0 Å². The number of hydrogen-bond acceptors (Lipinski definition) is 6. The first-order valence-corrected chi connectivity index (χ1v) is 12.6. The van der Waals surface area contributed by atoms with Gasteiger partial charge in [-0.2, -0.15) is 15.3 Å². The molecule has 5 rings (SSSR count). The quantitative estimate of drug-likeness (QED) is 0.271. The van der Waals surface area contributed by atoms with Crippen LogP contribution in [0.1, 0.15) is 40.5 Å². The van der Waals surface area contributed by atoms with Crippen molar-refractivity contribution in [2.45, 2.75) is 54.3 Å². The van der Waals surface area contributed by atoms with Crippen LogP contribution in [0.15, 0.2) is 33.4 Å². The molecule has 0 fully saturated rings. The Morgan fingerprint density at radius 1 is 1.03 bits per heavy atom. The Morgan fingerprint density at radius 3 is 2.34 bits per heavy atom. The first-order valence-electron chi connectivity index (χ1n) is 11.8. The van der Waals surface area contributed by atoms with Crippen LogP contribution in [0.2, 0.25) is 0 Å². The average Bonchev–Trinajstić information content (AvgIpc) is 3.62. The number of fused-ring (bicyclic) bond motifs is 1. The standard InChI is InChI=1S/C25H25BrF2N8O2/c1-12-21-17(24(27)28)9-18(19-7-6-8-38-19)29-25(21)34(31-12)10-20(37)30-23-14(3)33-36(16(23)5)11-35-15(4)22(26)13(2)32-35/h6-9,24H,10-11H2,1-5H3,(H,30,37). The number of aryl methyl sites for hydroxylation is 3. The van der Waals surface area contributed by atoms with Gasteiger partial charge in [-0.1, -0.05) is 0 Å². The highest BCUT2D eigenvalue weighted by molar-refractivity contribution is 9.10. The van der Waals surface area contributed by atoms with Crippen LogP contribution in [0.4, 0.5) is 14.5 Å². The monoisotopic (exact) mass is 586 g/mol. The molecule has 10 nitrogen and oxygen atoms in total. The van der Waals surface area contributed by atoms with Crippen molar-refractivity contribution in [1.29, 1.82) is 0 Å². The Labute approximate surface area is 224 Å². The average molecular weight is 587 g/mol. The Balaban J connectivity index is 1.43. The summed E-state index contributed by atoms with van der Waals surface area (Å²) in [6, 6.07) is 4.59. The summed E-state index contributed by atoms with van der Waals surface area (Å²) in [6.45, 7) is 9.30. The normalized spacial score (nSPS) is 11.7. The number of pyridine rings is 1. The van der Waals surface area contributed by atoms with Crippen molar-refractivity contribution in [3.8, 4) is 11.5 Å². The van der Waals surface area contributed by atoms with E-state index in [2.05, 4.69) is 41.5 Å². The lowest BCUT2D eigenvalue weighted by molar-refractivity contribution is -0.116. The molecule has 0 aromatic carbocycles. The van der Waals surface area contributed by atoms with Crippen molar-refractivity contribution in [3.63, 3.8) is 0 Å². The summed E-state index contributed by atoms with van der Waals surface area (Å²) < 4.78 is 39.1. The molecule has 5 heterocycles. The molecule has 0 spiro atoms. The maximum atomic E-state index is 14.0. The number of carbonyl (C=O) groups excluding carboxylic acids is 1. The van der Waals surface area contributed by atoms with Crippen molar-refractivity contribution in [2.75, 3.05) is 5.32 Å². The molecule has 1 N–H and O–H groups in total. The minimum absolute atomic E-state index is 0.182. The van der Waals surface area contributed by atoms with Crippen LogP contribution >= 0.6 is 15.9 Å². The molecule has 0 unspecified atom stereocenters. The third-order valence-electron chi connectivity index (χ3n) is 6.42. The van der Waals surface area contributed by atoms with Gasteiger partial charge in [0.15, 0.2) is 11.4 Å². The fraction of sp³-hybridized carbons (Fsp3) is 0.320. The van der Waals surface area contributed by atoms with E-state index in [9.17, 15) is 13.6 Å². The van der Waals surface area contributed by atoms with E-state index in [1.54, 1.807) is 30.7 Å². The number of nitrogens with zero attached hydrogens (tertiary/aromatic N) is 7. The Hall–Kier alpha value is -3.87. The summed E-state index contributed by atoms with van der Waals surface area (Å²) in [5.74, 6) is -0.0465. The largest absolute Gasteiger partial charge is 0.463 e. The SMILES string of the molecule is Cc1nn(Cn2nc(C)c(NC(=O)Cn3nc(C)c4c(C(F)F)cc(-c5ccco5)nc43)c2C)c(C)c1Br. The van der Waals surface area contributed by atoms with Gasteiger partial charge in [0.05, 0.1) is 50.3 Å². The number of hydrogen-bond donors (Lipinski definition) is 1. The highest BCUT2D eigenvalue weighted by atomic mass is 79.9. The molecule has 5 aromatic heterocycles. The van der Waals surface area contributed by atoms with Crippen LogP contribution in [0.5, 0.6) is 0 Å². The highest BCUT2D eigenvalue weighted by Crippen LogP contribution is 2.33. The number of aromatic nitrogens is 7. The summed E-state index contributed by atoms with van der Waals surface area (Å²) in [5, 5.41) is 16.6. The molecule has 0 atom stereocenters. The lowest BCUT2D eigenvalue weighted by atomic mass is 10.1. The van der Waals surface area contributed by atoms with Crippen molar-refractivity contribution in [1.82, 2.24) is 34.3 Å². The summed E-state index contributed by atoms with van der Waals surface area (Å²) >= 11 is 3.53. The summed E-state index contributed by atoms with van der Waals surface area (Å²) in [7, 11) is 0. The number of rotatable bonds is 7. The van der Waals surface area contributed by atoms with Crippen molar-refractivity contribution in [3.05, 3.63) is 63.0 Å². The lowest BCUT2D eigenvalue weighted by Crippen LogP contribution is -2.21. The van der Waals surface area contributed by atoms with Crippen LogP contribution in [0, 0.1) is 34.6 Å². The molecule has 0 aliphatic rings. The Bertz CT molecular complexity index is 1670. The minimum atomic E-state index is -2.75. The van der Waals surface area contributed by atoms with E-state index in [0.717, 1.165) is 21.6 Å². The molecule has 0 aliphatic heterocycles. The second-order valence-electron chi connectivity index (χ2n) is 9.04. The molecule has 1 amide bonds. The van der Waals surface area contributed by atoms with E-state index < -0.39 is 12.3 Å². The van der Waals surface area contributed by atoms with Gasteiger partial charge in [-0.3, -0.25) is 4.79 Å². The molecule has 198 valence electrons. The Morgan fingerprint density at radius 2 is 1.71 bits per heavy atom. The van der Waals surface area contributed by atoms with Crippen molar-refractivity contribution < 1.29 is 18.0 Å². The third kappa shape index (κ3) is 4.51. The predicted octanol–water partition coefficient (Wildman–Crippen LogP) is 5.47. The number of halogens is 3. The number of furan rings is 1. The lowest BCUT2D eigenvalue weighted by Gasteiger charge is -2.09. The number of amides is 1. The van der Waals surface area contributed by atoms with Gasteiger partial charge in [0, 0.05) is 5.56 Å². The molecule has 13 heteroatoms. The summed E-state index contributed by atoms with van der Waals surface area (Å²) in [5.41, 5.74) is 4.36. The molecule has 0 saturated heterocycles. The number of nitrogens with one attached hydrogen (secondary N) is 1. The first-order chi connectivity index (χ1) is 18.0. The molecular weight excluding hydrogens is 562 g/mol. The fourth-order valence-electron chi connectivity index (χ4n) is 4.49. The van der Waals surface area contributed by atoms with E-state index in [4.69, 9.17) is 4.42 Å². The third-order valence-corrected chi connectivity index (χ3v) is 7.56. The van der Waals surface area contributed by atoms with Crippen LogP contribution in [0.25, 0.3) is 22.5 Å². The van der Waals surface area contributed by atoms with Gasteiger partial charge in [0.2, 0.25) is 5.91 Å². The number of carbonyl (C=O) groups is 1. The van der Waals surface area contributed by atoms with Gasteiger partial charge in [-0.25, -0.2) is 27.8 Å². The van der Waals surface area contributed by atoms with Gasteiger partial charge < -0.3 is 9.73 Å². The maximum absolute atomic E-state index is 14.0. The molecule has 0 saturated carbocycles. The molecule has 0 aliphatic carbocycles. The van der Waals surface area contributed by atoms with Gasteiger partial charge >= 0.3 is 0 Å². The van der Waals surface area contributed by atoms with E-state index in [0.29, 0.717) is 29.5 Å². The van der Waals surface area contributed by atoms with E-state index in [1.165, 1.54) is 17.0 Å². The molecule has 38 heavy (non-hydrogen) atoms. The summed E-state index contributed by atoms with van der Waals surface area (Å²) in [6.07, 6.45) is -1.31. The summed E-state index contributed by atoms with van der Waals surface area (Å²) in [4.78, 5) is 17.6. The number of anilines is 1. The molecule has 0 bridgehead atoms. The van der Waals surface area contributed by atoms with Gasteiger partial charge in [0.1, 0.15) is 18.9 Å². The second kappa shape index (κ2) is 9.78. The zero-order valence-electron chi connectivity index (χ0n) is 21.4. The molecule has 0 radical (unpaired) electrons. The van der Waals surface area contributed by atoms with E-state index in [1.807, 2.05) is 25.5 Å². The smallest absolute Gasteiger partial charge is 0.264 e. The van der Waals surface area contributed by atoms with Crippen molar-refractivity contribution >= 4 is 38.6 Å². The van der Waals surface area contributed by atoms with Gasteiger partial charge in [0.25, 0.3) is 6.43 Å². The number of alkyl halides is 2. The topological polar surface area (TPSA) is 109 Å². The Kier molecular flexibility index (Phi) is 6.63. The zero-order chi connectivity index (χ0) is 27.3. The molecular formula is C25H25BrF2N8O2. The fourth-order valence-corrected chi connectivity index (χ4v) is 4.77. The van der Waals surface area contributed by atoms with Crippen molar-refractivity contribution in [2.24, 2.45) is 0 Å². The maximum Gasteiger partial charge on any atom is 0.264 e. The first kappa shape index (κ1) is 25.8. The van der Waals surface area contributed by atoms with E-state index >= 15 is 0 Å². The van der Waals surface area contributed by atoms with Crippen LogP contribution in [-0.4, -0.2) is 40.2 Å². The van der Waals surface area contributed by atoms with Crippen LogP contribution < -0.4 is 5.32 Å². The second-order valence-corrected chi connectivity index (χ2v) is 9.83. The van der Waals surface area contributed by atoms with Gasteiger partial charge in [-0.05, 0) is 68.7 Å². The zero-order valence-corrected chi connectivity index (χ0v) is 23.0. The highest BCUT2D eigenvalue weighted by Gasteiger charge is 2.23. The van der Waals surface area contributed by atoms with Gasteiger partial charge in [-0.15, -0.1) is 0 Å². The molecule has 5 aromatic rings. The van der Waals surface area contributed by atoms with Crippen LogP contribution in [0.3, 0.4) is 0 Å². The predicted molar refractivity (Wildman–Crippen MR) is 140 cm³/mol. The minimum Gasteiger partial charge on any atom is -0.463 e. The van der Waals surface area contributed by atoms with E-state index in [-0.39, 0.29) is 28.8 Å².